The zero-order valence-corrected chi connectivity index (χ0v) is 38.0. The van der Waals surface area contributed by atoms with Crippen molar-refractivity contribution in [1.82, 2.24) is 10.6 Å². The van der Waals surface area contributed by atoms with Crippen molar-refractivity contribution in [3.8, 4) is 17.2 Å². The van der Waals surface area contributed by atoms with E-state index in [4.69, 9.17) is 37.9 Å². The highest BCUT2D eigenvalue weighted by Crippen LogP contribution is 2.40. The van der Waals surface area contributed by atoms with Crippen LogP contribution in [-0.2, 0) is 47.5 Å². The van der Waals surface area contributed by atoms with Gasteiger partial charge in [-0.25, -0.2) is 4.79 Å². The number of unbranched alkanes of at least 4 members (excludes halogenated alkanes) is 5. The summed E-state index contributed by atoms with van der Waals surface area (Å²) in [6.07, 6.45) is -22.0. The molecule has 0 radical (unpaired) electrons. The van der Waals surface area contributed by atoms with Crippen molar-refractivity contribution in [3.05, 3.63) is 17.7 Å². The minimum absolute atomic E-state index is 0.00476. The Balaban J connectivity index is 1.67. The first kappa shape index (κ1) is 56.5. The highest BCUT2D eigenvalue weighted by atomic mass is 16.8. The molecule has 16 atom stereocenters. The fraction of sp³-hybridized carbons (Fsp3) is 0.762. The molecule has 0 saturated carbocycles. The normalized spacial score (nSPS) is 32.6. The van der Waals surface area contributed by atoms with E-state index in [2.05, 4.69) is 15.4 Å². The number of aromatic hydroxyl groups is 1. The molecule has 0 bridgehead atoms. The van der Waals surface area contributed by atoms with Crippen molar-refractivity contribution < 1.29 is 118 Å². The Kier molecular flexibility index (Phi) is 21.8. The SMILES string of the molecule is COC(=O)CCCCCCCCO[C@@H]1OC(CO)[C@@H](O)C(OC2OC(CO)[C@H](O)C(O[C@]3(C(=O)O)CC(O)[C@@H](NC(C)=O)C(C(O)C(O)CO)O3)C2O)C1NC(=O)c1cc(OC)c(O)c(OC)c1. The predicted molar refractivity (Wildman–Crippen MR) is 225 cm³/mol. The lowest BCUT2D eigenvalue weighted by atomic mass is 9.88. The molecule has 2 amide bonds. The number of hydrogen-bond acceptors (Lipinski definition) is 23. The van der Waals surface area contributed by atoms with Gasteiger partial charge in [0, 0.05) is 31.9 Å². The number of amides is 2. The van der Waals surface area contributed by atoms with Gasteiger partial charge in [0.25, 0.3) is 11.7 Å². The third kappa shape index (κ3) is 13.8. The van der Waals surface area contributed by atoms with Crippen LogP contribution < -0.4 is 20.1 Å². The van der Waals surface area contributed by atoms with Gasteiger partial charge in [-0.15, -0.1) is 0 Å². The second-order valence-electron chi connectivity index (χ2n) is 16.5. The number of carboxylic acid groups (broad SMARTS) is 1. The number of aliphatic hydroxyl groups excluding tert-OH is 9. The Morgan fingerprint density at radius 3 is 1.91 bits per heavy atom. The summed E-state index contributed by atoms with van der Waals surface area (Å²) in [5.41, 5.74) is -0.157. The zero-order valence-electron chi connectivity index (χ0n) is 38.0. The van der Waals surface area contributed by atoms with Gasteiger partial charge in [0.15, 0.2) is 24.1 Å². The molecule has 1 aromatic carbocycles. The Hall–Kier alpha value is -4.10. The standard InChI is InChI=1S/C42H66N2O24/c1-19(48)43-28-21(49)15-42(41(58)59,67-36(28)30(52)22(50)16-45)68-37-33(55)26(18-47)65-40(34(37)56)66-35-29(44-38(57)20-13-23(60-2)31(53)24(14-20)61-3)39(64-25(17-46)32(35)54)63-12-10-8-6-5-7-9-11-27(51)62-4/h13-14,21-22,25-26,28-30,32-37,39-40,45-47,49-50,52-56H,5-12,15-18H2,1-4H3,(H,43,48)(H,44,57)(H,58,59)/t21?,22?,25?,26?,28-,29?,30?,32-,33+,34?,35?,36?,37?,39-,40?,42+/m1/s1. The number of nitrogens with one attached hydrogen (secondary N) is 2. The van der Waals surface area contributed by atoms with Crippen LogP contribution in [0.3, 0.4) is 0 Å². The number of hydrogen-bond donors (Lipinski definition) is 13. The maximum Gasteiger partial charge on any atom is 0.364 e. The molecule has 3 aliphatic rings. The van der Waals surface area contributed by atoms with Crippen LogP contribution in [0.1, 0.15) is 68.6 Å². The number of carbonyl (C=O) groups is 4. The molecule has 0 spiro atoms. The average molecular weight is 983 g/mol. The van der Waals surface area contributed by atoms with E-state index in [9.17, 15) is 75.3 Å². The van der Waals surface area contributed by atoms with Crippen molar-refractivity contribution in [2.45, 2.75) is 156 Å². The van der Waals surface area contributed by atoms with Crippen LogP contribution in [0.2, 0.25) is 0 Å². The molecule has 11 unspecified atom stereocenters. The number of esters is 1. The lowest BCUT2D eigenvalue weighted by Crippen LogP contribution is -2.71. The maximum atomic E-state index is 14.0. The number of carbonyl (C=O) groups excluding carboxylic acids is 3. The van der Waals surface area contributed by atoms with E-state index in [0.29, 0.717) is 25.7 Å². The number of methoxy groups -OCH3 is 3. The summed E-state index contributed by atoms with van der Waals surface area (Å²) in [5.74, 6) is -7.87. The number of aliphatic hydroxyl groups is 9. The molecule has 68 heavy (non-hydrogen) atoms. The molecule has 0 aliphatic carbocycles. The van der Waals surface area contributed by atoms with Crippen LogP contribution in [0.25, 0.3) is 0 Å². The molecule has 26 heteroatoms. The Labute approximate surface area is 390 Å². The van der Waals surface area contributed by atoms with Crippen LogP contribution in [0.4, 0.5) is 0 Å². The fourth-order valence-electron chi connectivity index (χ4n) is 8.09. The minimum atomic E-state index is -3.12. The second-order valence-corrected chi connectivity index (χ2v) is 16.5. The van der Waals surface area contributed by atoms with Gasteiger partial charge in [0.1, 0.15) is 67.1 Å². The highest BCUT2D eigenvalue weighted by Gasteiger charge is 2.60. The first-order valence-electron chi connectivity index (χ1n) is 22.0. The third-order valence-electron chi connectivity index (χ3n) is 11.8. The molecule has 3 fully saturated rings. The summed E-state index contributed by atoms with van der Waals surface area (Å²) in [6, 6.07) is -0.847. The van der Waals surface area contributed by atoms with E-state index in [1.165, 1.54) is 33.5 Å². The molecule has 3 heterocycles. The number of rotatable bonds is 25. The quantitative estimate of drug-likeness (QED) is 0.0327. The first-order valence-corrected chi connectivity index (χ1v) is 22.0. The first-order chi connectivity index (χ1) is 32.3. The molecule has 388 valence electrons. The van der Waals surface area contributed by atoms with Gasteiger partial charge >= 0.3 is 11.9 Å². The number of phenolic OH excluding ortho intramolecular Hbond substituents is 1. The molecule has 4 rings (SSSR count). The van der Waals surface area contributed by atoms with Crippen molar-refractivity contribution in [2.24, 2.45) is 0 Å². The molecule has 13 N–H and O–H groups in total. The van der Waals surface area contributed by atoms with Crippen LogP contribution in [-0.4, -0.2) is 225 Å². The predicted octanol–water partition coefficient (Wildman–Crippen LogP) is -4.13. The molecule has 3 aliphatic heterocycles. The van der Waals surface area contributed by atoms with Gasteiger partial charge in [-0.1, -0.05) is 25.7 Å². The van der Waals surface area contributed by atoms with Gasteiger partial charge in [-0.05, 0) is 25.0 Å². The van der Waals surface area contributed by atoms with Gasteiger partial charge in [-0.2, -0.15) is 0 Å². The summed E-state index contributed by atoms with van der Waals surface area (Å²) in [4.78, 5) is 50.5. The molecule has 0 aromatic heterocycles. The fourth-order valence-corrected chi connectivity index (χ4v) is 8.09. The molecule has 26 nitrogen and oxygen atoms in total. The molecular weight excluding hydrogens is 916 g/mol. The minimum Gasteiger partial charge on any atom is -0.502 e. The number of aliphatic carboxylic acids is 1. The number of benzene rings is 1. The van der Waals surface area contributed by atoms with Crippen LogP contribution in [0.5, 0.6) is 17.2 Å². The number of carboxylic acids is 1. The van der Waals surface area contributed by atoms with Crippen molar-refractivity contribution in [2.75, 3.05) is 47.8 Å². The maximum absolute atomic E-state index is 14.0. The van der Waals surface area contributed by atoms with Crippen LogP contribution >= 0.6 is 0 Å². The summed E-state index contributed by atoms with van der Waals surface area (Å²) in [5, 5.41) is 123. The Morgan fingerprint density at radius 1 is 0.794 bits per heavy atom. The summed E-state index contributed by atoms with van der Waals surface area (Å²) in [6.45, 7) is -1.95. The van der Waals surface area contributed by atoms with Crippen molar-refractivity contribution >= 4 is 23.8 Å². The van der Waals surface area contributed by atoms with E-state index in [1.807, 2.05) is 0 Å². The molecule has 1 aromatic rings. The third-order valence-corrected chi connectivity index (χ3v) is 11.8. The van der Waals surface area contributed by atoms with E-state index in [1.54, 1.807) is 0 Å². The largest absolute Gasteiger partial charge is 0.502 e. The topological polar surface area (TPSA) is 398 Å². The lowest BCUT2D eigenvalue weighted by molar-refractivity contribution is -0.381. The van der Waals surface area contributed by atoms with Gasteiger partial charge < -0.3 is 109 Å². The summed E-state index contributed by atoms with van der Waals surface area (Å²) >= 11 is 0. The Morgan fingerprint density at radius 2 is 1.37 bits per heavy atom. The van der Waals surface area contributed by atoms with E-state index in [0.717, 1.165) is 26.2 Å². The van der Waals surface area contributed by atoms with Crippen LogP contribution in [0.15, 0.2) is 12.1 Å². The zero-order chi connectivity index (χ0) is 50.5. The molecular formula is C42H66N2O24. The van der Waals surface area contributed by atoms with Crippen LogP contribution in [0, 0.1) is 0 Å². The van der Waals surface area contributed by atoms with Crippen molar-refractivity contribution in [1.29, 1.82) is 0 Å². The monoisotopic (exact) mass is 982 g/mol. The van der Waals surface area contributed by atoms with Gasteiger partial charge in [0.05, 0.1) is 53.3 Å². The summed E-state index contributed by atoms with van der Waals surface area (Å²) in [7, 11) is 3.76. The molecule has 3 saturated heterocycles. The lowest BCUT2D eigenvalue weighted by Gasteiger charge is -2.51. The van der Waals surface area contributed by atoms with Crippen molar-refractivity contribution in [3.63, 3.8) is 0 Å². The highest BCUT2D eigenvalue weighted by molar-refractivity contribution is 5.96. The average Bonchev–Trinajstić information content (AvgIpc) is 3.31. The van der Waals surface area contributed by atoms with E-state index in [-0.39, 0.29) is 29.6 Å². The number of phenols is 1. The van der Waals surface area contributed by atoms with E-state index >= 15 is 0 Å². The van der Waals surface area contributed by atoms with Gasteiger partial charge in [-0.3, -0.25) is 14.4 Å². The Bertz CT molecular complexity index is 1770. The number of ether oxygens (including phenoxy) is 9. The summed E-state index contributed by atoms with van der Waals surface area (Å²) < 4.78 is 50.3. The van der Waals surface area contributed by atoms with E-state index < -0.39 is 147 Å². The smallest absolute Gasteiger partial charge is 0.364 e. The second kappa shape index (κ2) is 26.2. The van der Waals surface area contributed by atoms with Gasteiger partial charge in [0.2, 0.25) is 11.7 Å².